The van der Waals surface area contributed by atoms with Crippen LogP contribution in [0.1, 0.15) is 5.56 Å². The van der Waals surface area contributed by atoms with Crippen LogP contribution in [0, 0.1) is 0 Å². The molecular weight excluding hydrogens is 306 g/mol. The molecule has 0 heterocycles. The maximum absolute atomic E-state index is 5.87. The molecule has 0 saturated heterocycles. The summed E-state index contributed by atoms with van der Waals surface area (Å²) in [5, 5.41) is 0.654. The second kappa shape index (κ2) is 7.86. The second-order valence-corrected chi connectivity index (χ2v) is 5.40. The first-order chi connectivity index (χ1) is 10.1. The summed E-state index contributed by atoms with van der Waals surface area (Å²) < 4.78 is 11.1. The van der Waals surface area contributed by atoms with E-state index in [1.54, 1.807) is 12.1 Å². The van der Waals surface area contributed by atoms with Gasteiger partial charge in [-0.1, -0.05) is 42.0 Å². The Morgan fingerprint density at radius 3 is 2.29 bits per heavy atom. The van der Waals surface area contributed by atoms with Crippen molar-refractivity contribution in [2.45, 2.75) is 6.42 Å². The largest absolute Gasteiger partial charge is 0.490 e. The molecule has 21 heavy (non-hydrogen) atoms. The minimum absolute atomic E-state index is 0.453. The zero-order valence-electron chi connectivity index (χ0n) is 11.4. The smallest absolute Gasteiger partial charge is 0.122 e. The third-order valence-corrected chi connectivity index (χ3v) is 3.10. The normalized spacial score (nSPS) is 10.1. The summed E-state index contributed by atoms with van der Waals surface area (Å²) in [6.45, 7) is 0.913. The van der Waals surface area contributed by atoms with Gasteiger partial charge in [-0.3, -0.25) is 0 Å². The second-order valence-electron chi connectivity index (χ2n) is 4.44. The number of hydrogen-bond donors (Lipinski definition) is 1. The van der Waals surface area contributed by atoms with E-state index in [0.717, 1.165) is 17.1 Å². The monoisotopic (exact) mass is 321 g/mol. The predicted molar refractivity (Wildman–Crippen MR) is 89.4 cm³/mol. The molecule has 0 atom stereocenters. The van der Waals surface area contributed by atoms with Crippen molar-refractivity contribution >= 4 is 28.8 Å². The molecule has 0 fully saturated rings. The van der Waals surface area contributed by atoms with E-state index in [1.807, 2.05) is 36.4 Å². The fraction of sp³-hybridized carbons (Fsp3) is 0.188. The summed E-state index contributed by atoms with van der Waals surface area (Å²) >= 11 is 10.7. The van der Waals surface area contributed by atoms with Crippen LogP contribution >= 0.6 is 23.8 Å². The molecule has 0 amide bonds. The Kier molecular flexibility index (Phi) is 5.84. The number of thiocarbonyl (C=S) groups is 1. The van der Waals surface area contributed by atoms with Crippen LogP contribution in [0.2, 0.25) is 5.02 Å². The zero-order valence-corrected chi connectivity index (χ0v) is 13.0. The first-order valence-electron chi connectivity index (χ1n) is 6.52. The van der Waals surface area contributed by atoms with Gasteiger partial charge in [0.2, 0.25) is 0 Å². The van der Waals surface area contributed by atoms with Crippen LogP contribution in [0.15, 0.2) is 48.5 Å². The molecule has 0 aliphatic carbocycles. The molecule has 110 valence electrons. The summed E-state index contributed by atoms with van der Waals surface area (Å²) in [5.74, 6) is 1.52. The molecule has 0 aliphatic heterocycles. The van der Waals surface area contributed by atoms with Crippen LogP contribution in [-0.4, -0.2) is 18.2 Å². The first kappa shape index (κ1) is 15.6. The van der Waals surface area contributed by atoms with Gasteiger partial charge in [0, 0.05) is 11.4 Å². The number of halogens is 1. The van der Waals surface area contributed by atoms with Crippen molar-refractivity contribution in [3.05, 3.63) is 59.1 Å². The van der Waals surface area contributed by atoms with Gasteiger partial charge in [0.15, 0.2) is 0 Å². The molecule has 0 radical (unpaired) electrons. The van der Waals surface area contributed by atoms with Crippen molar-refractivity contribution < 1.29 is 9.47 Å². The Morgan fingerprint density at radius 1 is 1.00 bits per heavy atom. The van der Waals surface area contributed by atoms with E-state index in [-0.39, 0.29) is 0 Å². The third kappa shape index (κ3) is 5.61. The molecule has 2 aromatic carbocycles. The van der Waals surface area contributed by atoms with Gasteiger partial charge in [-0.2, -0.15) is 0 Å². The van der Waals surface area contributed by atoms with Crippen molar-refractivity contribution in [3.63, 3.8) is 0 Å². The first-order valence-corrected chi connectivity index (χ1v) is 7.30. The Morgan fingerprint density at radius 2 is 1.67 bits per heavy atom. The summed E-state index contributed by atoms with van der Waals surface area (Å²) in [7, 11) is 0. The van der Waals surface area contributed by atoms with Crippen LogP contribution in [0.4, 0.5) is 0 Å². The molecular formula is C16H16ClNO2S. The summed E-state index contributed by atoms with van der Waals surface area (Å²) in [6.07, 6.45) is 0.605. The number of rotatable bonds is 7. The van der Waals surface area contributed by atoms with E-state index in [1.165, 1.54) is 0 Å². The van der Waals surface area contributed by atoms with Gasteiger partial charge >= 0.3 is 0 Å². The van der Waals surface area contributed by atoms with Crippen LogP contribution in [0.3, 0.4) is 0 Å². The topological polar surface area (TPSA) is 44.5 Å². The average molecular weight is 322 g/mol. The molecule has 3 nitrogen and oxygen atoms in total. The predicted octanol–water partition coefficient (Wildman–Crippen LogP) is 3.63. The van der Waals surface area contributed by atoms with Gasteiger partial charge in [-0.25, -0.2) is 0 Å². The number of benzene rings is 2. The lowest BCUT2D eigenvalue weighted by Gasteiger charge is -2.09. The molecule has 2 aromatic rings. The van der Waals surface area contributed by atoms with Crippen molar-refractivity contribution in [2.24, 2.45) is 5.73 Å². The molecule has 2 N–H and O–H groups in total. The Bertz CT molecular complexity index is 601. The Balaban J connectivity index is 1.74. The van der Waals surface area contributed by atoms with Crippen LogP contribution in [0.25, 0.3) is 0 Å². The molecule has 0 saturated carbocycles. The van der Waals surface area contributed by atoms with Gasteiger partial charge < -0.3 is 15.2 Å². The van der Waals surface area contributed by atoms with Crippen molar-refractivity contribution in [1.29, 1.82) is 0 Å². The quantitative estimate of drug-likeness (QED) is 0.625. The lowest BCUT2D eigenvalue weighted by atomic mass is 10.1. The van der Waals surface area contributed by atoms with Crippen LogP contribution in [0.5, 0.6) is 11.5 Å². The number of hydrogen-bond acceptors (Lipinski definition) is 3. The minimum atomic E-state index is 0.453. The molecule has 2 rings (SSSR count). The highest BCUT2D eigenvalue weighted by Gasteiger charge is 1.99. The maximum atomic E-state index is 5.87. The molecule has 0 aromatic heterocycles. The van der Waals surface area contributed by atoms with Crippen molar-refractivity contribution in [2.75, 3.05) is 13.2 Å². The van der Waals surface area contributed by atoms with Gasteiger partial charge in [0.1, 0.15) is 24.7 Å². The fourth-order valence-corrected chi connectivity index (χ4v) is 2.13. The third-order valence-electron chi connectivity index (χ3n) is 2.72. The highest BCUT2D eigenvalue weighted by molar-refractivity contribution is 7.80. The van der Waals surface area contributed by atoms with E-state index in [0.29, 0.717) is 29.6 Å². The Hall–Kier alpha value is -1.78. The summed E-state index contributed by atoms with van der Waals surface area (Å²) in [6, 6.07) is 15.0. The van der Waals surface area contributed by atoms with Crippen molar-refractivity contribution in [3.8, 4) is 11.5 Å². The highest BCUT2D eigenvalue weighted by Crippen LogP contribution is 2.17. The minimum Gasteiger partial charge on any atom is -0.490 e. The maximum Gasteiger partial charge on any atom is 0.122 e. The number of ether oxygens (including phenoxy) is 2. The SMILES string of the molecule is NC(=S)Cc1ccc(OCCOc2cccc(Cl)c2)cc1. The van der Waals surface area contributed by atoms with Gasteiger partial charge in [-0.15, -0.1) is 0 Å². The average Bonchev–Trinajstić information content (AvgIpc) is 2.45. The molecule has 0 aliphatic rings. The van der Waals surface area contributed by atoms with E-state index >= 15 is 0 Å². The molecule has 0 unspecified atom stereocenters. The summed E-state index contributed by atoms with van der Waals surface area (Å²) in [4.78, 5) is 0.485. The van der Waals surface area contributed by atoms with Gasteiger partial charge in [0.05, 0.1) is 4.99 Å². The van der Waals surface area contributed by atoms with Crippen LogP contribution < -0.4 is 15.2 Å². The number of nitrogens with two attached hydrogens (primary N) is 1. The fourth-order valence-electron chi connectivity index (χ4n) is 1.78. The molecule has 5 heteroatoms. The zero-order chi connectivity index (χ0) is 15.1. The van der Waals surface area contributed by atoms with E-state index in [4.69, 9.17) is 39.0 Å². The van der Waals surface area contributed by atoms with E-state index in [2.05, 4.69) is 0 Å². The summed E-state index contributed by atoms with van der Waals surface area (Å²) in [5.41, 5.74) is 6.57. The van der Waals surface area contributed by atoms with Gasteiger partial charge in [-0.05, 0) is 35.9 Å². The highest BCUT2D eigenvalue weighted by atomic mass is 35.5. The lowest BCUT2D eigenvalue weighted by molar-refractivity contribution is 0.217. The molecule has 0 bridgehead atoms. The standard InChI is InChI=1S/C16H16ClNO2S/c17-13-2-1-3-15(11-13)20-9-8-19-14-6-4-12(5-7-14)10-16(18)21/h1-7,11H,8-10H2,(H2,18,21). The van der Waals surface area contributed by atoms with Gasteiger partial charge in [0.25, 0.3) is 0 Å². The van der Waals surface area contributed by atoms with Crippen molar-refractivity contribution in [1.82, 2.24) is 0 Å². The van der Waals surface area contributed by atoms with Crippen LogP contribution in [-0.2, 0) is 6.42 Å². The van der Waals surface area contributed by atoms with E-state index in [9.17, 15) is 0 Å². The molecule has 0 spiro atoms. The van der Waals surface area contributed by atoms with E-state index < -0.39 is 0 Å². The Labute approximate surface area is 134 Å². The lowest BCUT2D eigenvalue weighted by Crippen LogP contribution is -2.11.